The molecule has 0 saturated heterocycles. The van der Waals surface area contributed by atoms with E-state index in [4.69, 9.17) is 34.8 Å². The first-order valence-electron chi connectivity index (χ1n) is 5.69. The summed E-state index contributed by atoms with van der Waals surface area (Å²) in [6, 6.07) is 12.6. The highest BCUT2D eigenvalue weighted by Gasteiger charge is 2.09. The summed E-state index contributed by atoms with van der Waals surface area (Å²) in [6.45, 7) is 0.335. The van der Waals surface area contributed by atoms with Gasteiger partial charge in [0.2, 0.25) is 0 Å². The number of aliphatic hydroxyl groups is 1. The van der Waals surface area contributed by atoms with Crippen molar-refractivity contribution in [2.75, 3.05) is 11.9 Å². The van der Waals surface area contributed by atoms with Gasteiger partial charge in [0.05, 0.1) is 26.9 Å². The van der Waals surface area contributed by atoms with Gasteiger partial charge in [-0.25, -0.2) is 0 Å². The number of hydrogen-bond donors (Lipinski definition) is 2. The van der Waals surface area contributed by atoms with E-state index in [1.807, 2.05) is 30.3 Å². The third-order valence-electron chi connectivity index (χ3n) is 2.68. The monoisotopic (exact) mass is 315 g/mol. The lowest BCUT2D eigenvalue weighted by atomic mass is 10.1. The minimum absolute atomic E-state index is 0.335. The van der Waals surface area contributed by atoms with Crippen LogP contribution in [-0.4, -0.2) is 11.7 Å². The van der Waals surface area contributed by atoms with Crippen molar-refractivity contribution in [1.82, 2.24) is 0 Å². The molecule has 0 aliphatic rings. The summed E-state index contributed by atoms with van der Waals surface area (Å²) in [5.41, 5.74) is 1.48. The maximum atomic E-state index is 10.0. The lowest BCUT2D eigenvalue weighted by Crippen LogP contribution is -2.12. The molecule has 0 aromatic heterocycles. The zero-order valence-electron chi connectivity index (χ0n) is 9.91. The van der Waals surface area contributed by atoms with E-state index in [-0.39, 0.29) is 0 Å². The molecule has 0 radical (unpaired) electrons. The standard InChI is InChI=1S/C14H12Cl3NO/c15-10-6-12(17)13(7-11(10)16)18-8-14(19)9-4-2-1-3-5-9/h1-7,14,18-19H,8H2. The molecule has 19 heavy (non-hydrogen) atoms. The topological polar surface area (TPSA) is 32.3 Å². The van der Waals surface area contributed by atoms with Crippen LogP contribution >= 0.6 is 34.8 Å². The lowest BCUT2D eigenvalue weighted by molar-refractivity contribution is 0.191. The summed E-state index contributed by atoms with van der Waals surface area (Å²) < 4.78 is 0. The van der Waals surface area contributed by atoms with Crippen LogP contribution in [0.1, 0.15) is 11.7 Å². The molecule has 2 aromatic rings. The first-order chi connectivity index (χ1) is 9.08. The molecule has 2 aromatic carbocycles. The molecular formula is C14H12Cl3NO. The predicted octanol–water partition coefficient (Wildman–Crippen LogP) is 4.79. The molecule has 0 aliphatic heterocycles. The quantitative estimate of drug-likeness (QED) is 0.795. The van der Waals surface area contributed by atoms with E-state index in [1.54, 1.807) is 12.1 Å². The Labute approximate surface area is 126 Å². The molecule has 0 saturated carbocycles. The molecule has 0 spiro atoms. The van der Waals surface area contributed by atoms with Crippen molar-refractivity contribution >= 4 is 40.5 Å². The molecule has 1 atom stereocenters. The van der Waals surface area contributed by atoms with Crippen molar-refractivity contribution in [2.24, 2.45) is 0 Å². The second-order valence-electron chi connectivity index (χ2n) is 4.05. The minimum atomic E-state index is -0.619. The van der Waals surface area contributed by atoms with Crippen LogP contribution in [0.15, 0.2) is 42.5 Å². The highest BCUT2D eigenvalue weighted by Crippen LogP contribution is 2.32. The van der Waals surface area contributed by atoms with Crippen molar-refractivity contribution in [2.45, 2.75) is 6.10 Å². The zero-order valence-corrected chi connectivity index (χ0v) is 12.2. The van der Waals surface area contributed by atoms with Gasteiger partial charge >= 0.3 is 0 Å². The number of rotatable bonds is 4. The highest BCUT2D eigenvalue weighted by atomic mass is 35.5. The maximum absolute atomic E-state index is 10.0. The van der Waals surface area contributed by atoms with Crippen molar-refractivity contribution in [3.63, 3.8) is 0 Å². The summed E-state index contributed by atoms with van der Waals surface area (Å²) in [4.78, 5) is 0. The summed E-state index contributed by atoms with van der Waals surface area (Å²) in [5, 5.41) is 14.4. The number of aliphatic hydroxyl groups excluding tert-OH is 1. The van der Waals surface area contributed by atoms with Gasteiger partial charge in [-0.3, -0.25) is 0 Å². The Kier molecular flexibility index (Phi) is 4.94. The average Bonchev–Trinajstić information content (AvgIpc) is 2.42. The molecule has 2 nitrogen and oxygen atoms in total. The number of benzene rings is 2. The third kappa shape index (κ3) is 3.77. The number of nitrogens with one attached hydrogen (secondary N) is 1. The van der Waals surface area contributed by atoms with E-state index >= 15 is 0 Å². The molecular weight excluding hydrogens is 305 g/mol. The molecule has 0 amide bonds. The van der Waals surface area contributed by atoms with Crippen LogP contribution in [0.2, 0.25) is 15.1 Å². The van der Waals surface area contributed by atoms with Crippen molar-refractivity contribution in [1.29, 1.82) is 0 Å². The van der Waals surface area contributed by atoms with E-state index in [2.05, 4.69) is 5.32 Å². The van der Waals surface area contributed by atoms with Gasteiger partial charge in [0.1, 0.15) is 0 Å². The van der Waals surface area contributed by atoms with Crippen LogP contribution < -0.4 is 5.32 Å². The van der Waals surface area contributed by atoms with Crippen LogP contribution in [0.5, 0.6) is 0 Å². The lowest BCUT2D eigenvalue weighted by Gasteiger charge is -2.14. The molecule has 2 rings (SSSR count). The Bertz CT molecular complexity index is 560. The first kappa shape index (κ1) is 14.5. The molecule has 0 fully saturated rings. The minimum Gasteiger partial charge on any atom is -0.387 e. The van der Waals surface area contributed by atoms with Gasteiger partial charge in [0.15, 0.2) is 0 Å². The van der Waals surface area contributed by atoms with Gasteiger partial charge in [-0.05, 0) is 17.7 Å². The van der Waals surface area contributed by atoms with Crippen LogP contribution in [0.3, 0.4) is 0 Å². The molecule has 2 N–H and O–H groups in total. The zero-order chi connectivity index (χ0) is 13.8. The molecule has 0 aliphatic carbocycles. The Morgan fingerprint density at radius 3 is 2.26 bits per heavy atom. The normalized spacial score (nSPS) is 12.2. The Hall–Kier alpha value is -0.930. The van der Waals surface area contributed by atoms with E-state index < -0.39 is 6.10 Å². The molecule has 0 heterocycles. The van der Waals surface area contributed by atoms with E-state index in [1.165, 1.54) is 0 Å². The molecule has 1 unspecified atom stereocenters. The van der Waals surface area contributed by atoms with Gasteiger partial charge in [-0.15, -0.1) is 0 Å². The predicted molar refractivity (Wildman–Crippen MR) is 81.4 cm³/mol. The van der Waals surface area contributed by atoms with Crippen molar-refractivity contribution in [3.8, 4) is 0 Å². The summed E-state index contributed by atoms with van der Waals surface area (Å²) in [7, 11) is 0. The number of anilines is 1. The van der Waals surface area contributed by atoms with E-state index in [9.17, 15) is 5.11 Å². The summed E-state index contributed by atoms with van der Waals surface area (Å²) >= 11 is 17.8. The van der Waals surface area contributed by atoms with Crippen LogP contribution in [0.25, 0.3) is 0 Å². The van der Waals surface area contributed by atoms with Crippen LogP contribution in [0.4, 0.5) is 5.69 Å². The van der Waals surface area contributed by atoms with Gasteiger partial charge in [-0.2, -0.15) is 0 Å². The average molecular weight is 317 g/mol. The van der Waals surface area contributed by atoms with Gasteiger partial charge < -0.3 is 10.4 Å². The van der Waals surface area contributed by atoms with Crippen LogP contribution in [0, 0.1) is 0 Å². The number of halogens is 3. The fourth-order valence-corrected chi connectivity index (χ4v) is 2.27. The SMILES string of the molecule is OC(CNc1cc(Cl)c(Cl)cc1Cl)c1ccccc1. The van der Waals surface area contributed by atoms with Gasteiger partial charge in [0.25, 0.3) is 0 Å². The smallest absolute Gasteiger partial charge is 0.0962 e. The fourth-order valence-electron chi connectivity index (χ4n) is 1.66. The molecule has 5 heteroatoms. The van der Waals surface area contributed by atoms with Crippen molar-refractivity contribution < 1.29 is 5.11 Å². The number of hydrogen-bond acceptors (Lipinski definition) is 2. The largest absolute Gasteiger partial charge is 0.387 e. The second kappa shape index (κ2) is 6.49. The Morgan fingerprint density at radius 1 is 0.947 bits per heavy atom. The molecule has 0 bridgehead atoms. The Morgan fingerprint density at radius 2 is 1.58 bits per heavy atom. The van der Waals surface area contributed by atoms with E-state index in [0.29, 0.717) is 27.3 Å². The van der Waals surface area contributed by atoms with Gasteiger partial charge in [0, 0.05) is 6.54 Å². The van der Waals surface area contributed by atoms with Crippen molar-refractivity contribution in [3.05, 3.63) is 63.1 Å². The third-order valence-corrected chi connectivity index (χ3v) is 3.72. The maximum Gasteiger partial charge on any atom is 0.0962 e. The summed E-state index contributed by atoms with van der Waals surface area (Å²) in [5.74, 6) is 0. The highest BCUT2D eigenvalue weighted by molar-refractivity contribution is 6.44. The molecule has 100 valence electrons. The summed E-state index contributed by atoms with van der Waals surface area (Å²) in [6.07, 6.45) is -0.619. The fraction of sp³-hybridized carbons (Fsp3) is 0.143. The Balaban J connectivity index is 2.05. The van der Waals surface area contributed by atoms with E-state index in [0.717, 1.165) is 5.56 Å². The van der Waals surface area contributed by atoms with Crippen LogP contribution in [-0.2, 0) is 0 Å². The second-order valence-corrected chi connectivity index (χ2v) is 5.28. The first-order valence-corrected chi connectivity index (χ1v) is 6.82. The van der Waals surface area contributed by atoms with Gasteiger partial charge in [-0.1, -0.05) is 65.1 Å².